The minimum absolute atomic E-state index is 0.443. The van der Waals surface area contributed by atoms with Crippen LogP contribution in [0.3, 0.4) is 0 Å². The first-order chi connectivity index (χ1) is 6.33. The molecule has 1 atom stereocenters. The van der Waals surface area contributed by atoms with Gasteiger partial charge in [-0.1, -0.05) is 30.2 Å². The van der Waals surface area contributed by atoms with Gasteiger partial charge in [0.05, 0.1) is 0 Å². The summed E-state index contributed by atoms with van der Waals surface area (Å²) in [6.07, 6.45) is 5.58. The Morgan fingerprint density at radius 1 is 1.54 bits per heavy atom. The van der Waals surface area contributed by atoms with Crippen molar-refractivity contribution in [3.05, 3.63) is 35.4 Å². The van der Waals surface area contributed by atoms with E-state index in [1.807, 2.05) is 6.07 Å². The zero-order chi connectivity index (χ0) is 9.68. The van der Waals surface area contributed by atoms with Crippen LogP contribution >= 0.6 is 0 Å². The Morgan fingerprint density at radius 2 is 2.23 bits per heavy atom. The maximum Gasteiger partial charge on any atom is 0.150 e. The molecule has 0 fully saturated rings. The van der Waals surface area contributed by atoms with Gasteiger partial charge in [0, 0.05) is 18.2 Å². The molecule has 0 aliphatic carbocycles. The van der Waals surface area contributed by atoms with Crippen molar-refractivity contribution in [3.63, 3.8) is 0 Å². The van der Waals surface area contributed by atoms with Crippen molar-refractivity contribution in [3.8, 4) is 12.3 Å². The quantitative estimate of drug-likeness (QED) is 0.516. The fraction of sp³-hybridized carbons (Fsp3) is 0.182. The Kier molecular flexibility index (Phi) is 3.24. The van der Waals surface area contributed by atoms with Crippen LogP contribution in [0.1, 0.15) is 22.0 Å². The van der Waals surface area contributed by atoms with Crippen molar-refractivity contribution >= 4 is 6.29 Å². The highest BCUT2D eigenvalue weighted by atomic mass is 16.5. The lowest BCUT2D eigenvalue weighted by atomic mass is 10.0. The Labute approximate surface area is 77.5 Å². The molecule has 0 aromatic heterocycles. The summed E-state index contributed by atoms with van der Waals surface area (Å²) in [7, 11) is 1.52. The van der Waals surface area contributed by atoms with E-state index in [2.05, 4.69) is 5.92 Å². The van der Waals surface area contributed by atoms with Gasteiger partial charge in [-0.05, 0) is 0 Å². The predicted molar refractivity (Wildman–Crippen MR) is 50.4 cm³/mol. The third kappa shape index (κ3) is 1.95. The minimum Gasteiger partial charge on any atom is -0.364 e. The van der Waals surface area contributed by atoms with E-state index in [0.717, 1.165) is 11.8 Å². The van der Waals surface area contributed by atoms with E-state index in [1.54, 1.807) is 18.2 Å². The third-order valence-corrected chi connectivity index (χ3v) is 1.79. The van der Waals surface area contributed by atoms with Gasteiger partial charge in [0.15, 0.2) is 0 Å². The van der Waals surface area contributed by atoms with Crippen LogP contribution in [0.15, 0.2) is 24.3 Å². The van der Waals surface area contributed by atoms with E-state index in [9.17, 15) is 4.79 Å². The number of terminal acetylenes is 1. The number of aldehydes is 1. The largest absolute Gasteiger partial charge is 0.364 e. The molecule has 2 heteroatoms. The average Bonchev–Trinajstić information content (AvgIpc) is 2.20. The Balaban J connectivity index is 3.12. The zero-order valence-corrected chi connectivity index (χ0v) is 7.36. The van der Waals surface area contributed by atoms with Gasteiger partial charge in [0.25, 0.3) is 0 Å². The summed E-state index contributed by atoms with van der Waals surface area (Å²) in [6.45, 7) is 0. The highest BCUT2D eigenvalue weighted by Gasteiger charge is 2.09. The van der Waals surface area contributed by atoms with E-state index < -0.39 is 6.10 Å². The highest BCUT2D eigenvalue weighted by Crippen LogP contribution is 2.18. The van der Waals surface area contributed by atoms with Crippen molar-refractivity contribution in [2.24, 2.45) is 0 Å². The molecule has 1 unspecified atom stereocenters. The molecule has 13 heavy (non-hydrogen) atoms. The Hall–Kier alpha value is -1.59. The van der Waals surface area contributed by atoms with E-state index in [0.29, 0.717) is 5.56 Å². The fourth-order valence-electron chi connectivity index (χ4n) is 1.14. The molecule has 0 aliphatic heterocycles. The molecule has 2 nitrogen and oxygen atoms in total. The van der Waals surface area contributed by atoms with Crippen molar-refractivity contribution in [2.45, 2.75) is 6.10 Å². The molecule has 0 N–H and O–H groups in total. The van der Waals surface area contributed by atoms with E-state index in [4.69, 9.17) is 11.2 Å². The Morgan fingerprint density at radius 3 is 2.77 bits per heavy atom. The van der Waals surface area contributed by atoms with Crippen LogP contribution < -0.4 is 0 Å². The van der Waals surface area contributed by atoms with Gasteiger partial charge < -0.3 is 4.74 Å². The topological polar surface area (TPSA) is 26.3 Å². The number of benzene rings is 1. The number of ether oxygens (including phenoxy) is 1. The molecular weight excluding hydrogens is 164 g/mol. The molecule has 0 radical (unpaired) electrons. The number of carbonyl (C=O) groups is 1. The summed E-state index contributed by atoms with van der Waals surface area (Å²) in [5.41, 5.74) is 1.31. The second-order valence-electron chi connectivity index (χ2n) is 2.53. The second-order valence-corrected chi connectivity index (χ2v) is 2.53. The molecule has 0 amide bonds. The molecule has 1 aromatic carbocycles. The number of rotatable bonds is 3. The predicted octanol–water partition coefficient (Wildman–Crippen LogP) is 1.82. The van der Waals surface area contributed by atoms with Gasteiger partial charge in [-0.3, -0.25) is 4.79 Å². The monoisotopic (exact) mass is 174 g/mol. The first kappa shape index (κ1) is 9.50. The summed E-state index contributed by atoms with van der Waals surface area (Å²) in [4.78, 5) is 10.6. The molecule has 0 saturated carbocycles. The van der Waals surface area contributed by atoms with Crippen LogP contribution in [0.2, 0.25) is 0 Å². The molecule has 0 saturated heterocycles. The first-order valence-electron chi connectivity index (χ1n) is 3.86. The molecule has 0 aliphatic rings. The third-order valence-electron chi connectivity index (χ3n) is 1.79. The summed E-state index contributed by atoms with van der Waals surface area (Å²) in [5.74, 6) is 2.46. The number of carbonyl (C=O) groups excluding carboxylic acids is 1. The SMILES string of the molecule is C#CC(OC)c1ccccc1C=O. The van der Waals surface area contributed by atoms with Crippen LogP contribution in [0.4, 0.5) is 0 Å². The minimum atomic E-state index is -0.443. The van der Waals surface area contributed by atoms with Crippen LogP contribution in [0.5, 0.6) is 0 Å². The number of methoxy groups -OCH3 is 1. The lowest BCUT2D eigenvalue weighted by molar-refractivity contribution is 0.111. The molecule has 66 valence electrons. The summed E-state index contributed by atoms with van der Waals surface area (Å²) < 4.78 is 5.03. The summed E-state index contributed by atoms with van der Waals surface area (Å²) >= 11 is 0. The van der Waals surface area contributed by atoms with E-state index in [1.165, 1.54) is 7.11 Å². The molecule has 0 bridgehead atoms. The maximum absolute atomic E-state index is 10.6. The van der Waals surface area contributed by atoms with Gasteiger partial charge in [0.1, 0.15) is 12.4 Å². The van der Waals surface area contributed by atoms with Crippen LogP contribution in [-0.2, 0) is 4.74 Å². The molecule has 0 spiro atoms. The van der Waals surface area contributed by atoms with E-state index in [-0.39, 0.29) is 0 Å². The summed E-state index contributed by atoms with van der Waals surface area (Å²) in [5, 5.41) is 0. The maximum atomic E-state index is 10.6. The van der Waals surface area contributed by atoms with Crippen molar-refractivity contribution < 1.29 is 9.53 Å². The van der Waals surface area contributed by atoms with E-state index >= 15 is 0 Å². The van der Waals surface area contributed by atoms with Crippen molar-refractivity contribution in [2.75, 3.05) is 7.11 Å². The number of hydrogen-bond acceptors (Lipinski definition) is 2. The second kappa shape index (κ2) is 4.44. The molecular formula is C11H10O2. The van der Waals surface area contributed by atoms with Gasteiger partial charge in [0.2, 0.25) is 0 Å². The van der Waals surface area contributed by atoms with Crippen molar-refractivity contribution in [1.82, 2.24) is 0 Å². The van der Waals surface area contributed by atoms with Crippen molar-refractivity contribution in [1.29, 1.82) is 0 Å². The smallest absolute Gasteiger partial charge is 0.150 e. The molecule has 1 aromatic rings. The average molecular weight is 174 g/mol. The molecule has 0 heterocycles. The van der Waals surface area contributed by atoms with Crippen LogP contribution in [0, 0.1) is 12.3 Å². The zero-order valence-electron chi connectivity index (χ0n) is 7.36. The fourth-order valence-corrected chi connectivity index (χ4v) is 1.14. The van der Waals surface area contributed by atoms with Gasteiger partial charge in [-0.2, -0.15) is 0 Å². The van der Waals surface area contributed by atoms with Gasteiger partial charge in [-0.25, -0.2) is 0 Å². The van der Waals surface area contributed by atoms with Crippen LogP contribution in [-0.4, -0.2) is 13.4 Å². The lowest BCUT2D eigenvalue weighted by Crippen LogP contribution is -2.01. The standard InChI is InChI=1S/C11H10O2/c1-3-11(13-2)10-7-5-4-6-9(10)8-12/h1,4-8,11H,2H3. The van der Waals surface area contributed by atoms with Gasteiger partial charge >= 0.3 is 0 Å². The normalized spacial score (nSPS) is 11.7. The lowest BCUT2D eigenvalue weighted by Gasteiger charge is -2.10. The van der Waals surface area contributed by atoms with Crippen LogP contribution in [0.25, 0.3) is 0 Å². The highest BCUT2D eigenvalue weighted by molar-refractivity contribution is 5.77. The Bertz CT molecular complexity index is 336. The van der Waals surface area contributed by atoms with Gasteiger partial charge in [-0.15, -0.1) is 6.42 Å². The first-order valence-corrected chi connectivity index (χ1v) is 3.86. The summed E-state index contributed by atoms with van der Waals surface area (Å²) in [6, 6.07) is 7.12. The molecule has 1 rings (SSSR count). The number of hydrogen-bond donors (Lipinski definition) is 0.